The normalized spacial score (nSPS) is 11.0. The van der Waals surface area contributed by atoms with Crippen LogP contribution in [0.15, 0.2) is 30.3 Å². The first-order chi connectivity index (χ1) is 14.2. The Balaban J connectivity index is 1.75. The van der Waals surface area contributed by atoms with Crippen LogP contribution in [-0.4, -0.2) is 78.2 Å². The zero-order valence-electron chi connectivity index (χ0n) is 17.6. The van der Waals surface area contributed by atoms with Gasteiger partial charge in [-0.3, -0.25) is 0 Å². The minimum atomic E-state index is -0.456. The van der Waals surface area contributed by atoms with Crippen molar-refractivity contribution < 1.29 is 33.2 Å². The minimum Gasteiger partial charge on any atom is -0.445 e. The molecule has 0 radical (unpaired) electrons. The second-order valence-corrected chi connectivity index (χ2v) is 6.36. The highest BCUT2D eigenvalue weighted by molar-refractivity contribution is 5.67. The van der Waals surface area contributed by atoms with Crippen LogP contribution < -0.4 is 5.32 Å². The van der Waals surface area contributed by atoms with Crippen LogP contribution in [0.5, 0.6) is 0 Å². The number of alkyl carbamates (subject to hydrolysis) is 1. The van der Waals surface area contributed by atoms with Gasteiger partial charge in [-0.25, -0.2) is 4.79 Å². The lowest BCUT2D eigenvalue weighted by atomic mass is 10.2. The molecule has 8 heteroatoms. The highest BCUT2D eigenvalue weighted by Crippen LogP contribution is 2.00. The lowest BCUT2D eigenvalue weighted by molar-refractivity contribution is -0.0174. The van der Waals surface area contributed by atoms with Crippen molar-refractivity contribution in [3.8, 4) is 0 Å². The molecule has 0 saturated heterocycles. The molecular formula is C21H35NO7. The first-order valence-electron chi connectivity index (χ1n) is 10.1. The molecule has 0 fully saturated rings. The molecule has 0 heterocycles. The van der Waals surface area contributed by atoms with Crippen molar-refractivity contribution >= 4 is 6.09 Å². The van der Waals surface area contributed by atoms with Gasteiger partial charge in [-0.1, -0.05) is 30.3 Å². The molecular weight excluding hydrogens is 378 g/mol. The van der Waals surface area contributed by atoms with Crippen molar-refractivity contribution in [1.29, 1.82) is 0 Å². The van der Waals surface area contributed by atoms with Gasteiger partial charge < -0.3 is 33.7 Å². The molecule has 0 spiro atoms. The summed E-state index contributed by atoms with van der Waals surface area (Å²) in [5, 5.41) is 2.64. The Hall–Kier alpha value is -1.71. The lowest BCUT2D eigenvalue weighted by Gasteiger charge is -2.09. The molecule has 1 aromatic rings. The largest absolute Gasteiger partial charge is 0.445 e. The van der Waals surface area contributed by atoms with Gasteiger partial charge in [0, 0.05) is 6.54 Å². The van der Waals surface area contributed by atoms with E-state index in [4.69, 9.17) is 28.4 Å². The Morgan fingerprint density at radius 1 is 0.793 bits per heavy atom. The number of carbonyl (C=O) groups is 1. The highest BCUT2D eigenvalue weighted by Gasteiger charge is 2.01. The maximum absolute atomic E-state index is 11.5. The fourth-order valence-corrected chi connectivity index (χ4v) is 2.10. The smallest absolute Gasteiger partial charge is 0.407 e. The molecule has 1 N–H and O–H groups in total. The molecule has 29 heavy (non-hydrogen) atoms. The van der Waals surface area contributed by atoms with Crippen molar-refractivity contribution in [2.24, 2.45) is 0 Å². The molecule has 0 bridgehead atoms. The van der Waals surface area contributed by atoms with E-state index in [0.717, 1.165) is 5.56 Å². The number of hydrogen-bond donors (Lipinski definition) is 1. The summed E-state index contributed by atoms with van der Waals surface area (Å²) in [5.41, 5.74) is 0.948. The Morgan fingerprint density at radius 2 is 1.31 bits per heavy atom. The Kier molecular flexibility index (Phi) is 16.0. The van der Waals surface area contributed by atoms with Gasteiger partial charge in [-0.2, -0.15) is 0 Å². The fourth-order valence-electron chi connectivity index (χ4n) is 2.10. The predicted octanol–water partition coefficient (Wildman–Crippen LogP) is 2.40. The second kappa shape index (κ2) is 18.3. The standard InChI is InChI=1S/C21H35NO7/c1-19(2)28-17-16-27-15-14-26-13-12-25-11-10-24-9-8-22-21(23)29-18-20-6-4-3-5-7-20/h3-7,19H,8-18H2,1-2H3,(H,22,23). The monoisotopic (exact) mass is 413 g/mol. The van der Waals surface area contributed by atoms with Crippen LogP contribution in [-0.2, 0) is 35.0 Å². The van der Waals surface area contributed by atoms with Crippen molar-refractivity contribution in [3.63, 3.8) is 0 Å². The van der Waals surface area contributed by atoms with E-state index in [0.29, 0.717) is 66.0 Å². The van der Waals surface area contributed by atoms with Crippen LogP contribution in [0.25, 0.3) is 0 Å². The van der Waals surface area contributed by atoms with Crippen molar-refractivity contribution in [2.75, 3.05) is 66.0 Å². The Bertz CT molecular complexity index is 499. The van der Waals surface area contributed by atoms with Crippen LogP contribution >= 0.6 is 0 Å². The summed E-state index contributed by atoms with van der Waals surface area (Å²) in [6.45, 7) is 9.25. The first kappa shape index (κ1) is 25.3. The quantitative estimate of drug-likeness (QED) is 0.370. The molecule has 1 aromatic carbocycles. The third kappa shape index (κ3) is 16.9. The summed E-state index contributed by atoms with van der Waals surface area (Å²) in [7, 11) is 0. The van der Waals surface area contributed by atoms with Gasteiger partial charge in [0.25, 0.3) is 0 Å². The van der Waals surface area contributed by atoms with Crippen LogP contribution in [0.1, 0.15) is 19.4 Å². The van der Waals surface area contributed by atoms with E-state index in [-0.39, 0.29) is 12.7 Å². The zero-order chi connectivity index (χ0) is 21.0. The topological polar surface area (TPSA) is 84.5 Å². The van der Waals surface area contributed by atoms with Gasteiger partial charge in [0.15, 0.2) is 0 Å². The molecule has 0 atom stereocenters. The number of nitrogens with one attached hydrogen (secondary N) is 1. The van der Waals surface area contributed by atoms with Gasteiger partial charge in [-0.15, -0.1) is 0 Å². The average molecular weight is 414 g/mol. The molecule has 166 valence electrons. The van der Waals surface area contributed by atoms with Gasteiger partial charge in [0.2, 0.25) is 0 Å². The van der Waals surface area contributed by atoms with Crippen LogP contribution in [0, 0.1) is 0 Å². The molecule has 0 aromatic heterocycles. The van der Waals surface area contributed by atoms with E-state index >= 15 is 0 Å². The number of amides is 1. The summed E-state index contributed by atoms with van der Waals surface area (Å²) in [4.78, 5) is 11.5. The fraction of sp³-hybridized carbons (Fsp3) is 0.667. The first-order valence-corrected chi connectivity index (χ1v) is 10.1. The van der Waals surface area contributed by atoms with Gasteiger partial charge in [0.05, 0.1) is 65.6 Å². The summed E-state index contributed by atoms with van der Waals surface area (Å²) in [6, 6.07) is 9.52. The maximum Gasteiger partial charge on any atom is 0.407 e. The van der Waals surface area contributed by atoms with Crippen molar-refractivity contribution in [3.05, 3.63) is 35.9 Å². The molecule has 1 amide bonds. The molecule has 0 aliphatic heterocycles. The van der Waals surface area contributed by atoms with E-state index in [2.05, 4.69) is 5.32 Å². The van der Waals surface area contributed by atoms with E-state index < -0.39 is 6.09 Å². The molecule has 8 nitrogen and oxygen atoms in total. The van der Waals surface area contributed by atoms with Gasteiger partial charge in [0.1, 0.15) is 6.61 Å². The van der Waals surface area contributed by atoms with Gasteiger partial charge >= 0.3 is 6.09 Å². The highest BCUT2D eigenvalue weighted by atomic mass is 16.6. The zero-order valence-corrected chi connectivity index (χ0v) is 17.6. The van der Waals surface area contributed by atoms with Gasteiger partial charge in [-0.05, 0) is 19.4 Å². The summed E-state index contributed by atoms with van der Waals surface area (Å²) < 4.78 is 32.0. The van der Waals surface area contributed by atoms with E-state index in [1.807, 2.05) is 44.2 Å². The van der Waals surface area contributed by atoms with E-state index in [1.54, 1.807) is 0 Å². The number of rotatable bonds is 18. The SMILES string of the molecule is CC(C)OCCOCCOCCOCCOCCNC(=O)OCc1ccccc1. The van der Waals surface area contributed by atoms with E-state index in [9.17, 15) is 4.79 Å². The van der Waals surface area contributed by atoms with Crippen LogP contribution in [0.2, 0.25) is 0 Å². The number of benzene rings is 1. The van der Waals surface area contributed by atoms with Crippen LogP contribution in [0.4, 0.5) is 4.79 Å². The molecule has 0 saturated carbocycles. The Morgan fingerprint density at radius 3 is 1.86 bits per heavy atom. The number of hydrogen-bond acceptors (Lipinski definition) is 7. The van der Waals surface area contributed by atoms with Crippen molar-refractivity contribution in [2.45, 2.75) is 26.6 Å². The predicted molar refractivity (Wildman–Crippen MR) is 109 cm³/mol. The summed E-state index contributed by atoms with van der Waals surface area (Å²) >= 11 is 0. The molecule has 1 rings (SSSR count). The minimum absolute atomic E-state index is 0.230. The number of carbonyl (C=O) groups excluding carboxylic acids is 1. The molecule has 0 aliphatic carbocycles. The average Bonchev–Trinajstić information content (AvgIpc) is 2.72. The van der Waals surface area contributed by atoms with E-state index in [1.165, 1.54) is 0 Å². The summed E-state index contributed by atoms with van der Waals surface area (Å²) in [5.74, 6) is 0. The van der Waals surface area contributed by atoms with Crippen LogP contribution in [0.3, 0.4) is 0 Å². The lowest BCUT2D eigenvalue weighted by Crippen LogP contribution is -2.28. The number of ether oxygens (including phenoxy) is 6. The third-order valence-electron chi connectivity index (χ3n) is 3.52. The summed E-state index contributed by atoms with van der Waals surface area (Å²) in [6.07, 6.45) is -0.226. The Labute approximate surface area is 173 Å². The second-order valence-electron chi connectivity index (χ2n) is 6.36. The van der Waals surface area contributed by atoms with Crippen molar-refractivity contribution in [1.82, 2.24) is 5.32 Å². The third-order valence-corrected chi connectivity index (χ3v) is 3.52. The molecule has 0 unspecified atom stereocenters. The maximum atomic E-state index is 11.5. The molecule has 0 aliphatic rings.